The summed E-state index contributed by atoms with van der Waals surface area (Å²) < 4.78 is 19.3. The van der Waals surface area contributed by atoms with Crippen molar-refractivity contribution in [1.82, 2.24) is 15.0 Å². The zero-order valence-electron chi connectivity index (χ0n) is 37.5. The van der Waals surface area contributed by atoms with Crippen molar-refractivity contribution in [3.8, 4) is 73.3 Å². The molecule has 1 aliphatic heterocycles. The maximum Gasteiger partial charge on any atom is 0.164 e. The SMILES string of the molecule is c1cc(-c2ccc3c4ccccc4c4ccccc4c3c2)cc(-c2nc(-c3ccc4c(c3)oc3ccc(-c5cccc6c5oc5ccccc56)cc34)nc(-c3cccc4c3-c3ccccc3OC4)n2)c1. The molecule has 0 saturated heterocycles. The molecule has 0 amide bonds. The summed E-state index contributed by atoms with van der Waals surface area (Å²) in [7, 11) is 0. The number of para-hydroxylation sites is 3. The Morgan fingerprint density at radius 2 is 0.843 bits per heavy atom. The molecule has 1 aliphatic rings. The van der Waals surface area contributed by atoms with E-state index in [-0.39, 0.29) is 0 Å². The highest BCUT2D eigenvalue weighted by atomic mass is 16.5. The van der Waals surface area contributed by atoms with Gasteiger partial charge in [-0.05, 0) is 103 Å². The van der Waals surface area contributed by atoms with E-state index in [1.165, 1.54) is 32.3 Å². The third-order valence-electron chi connectivity index (χ3n) is 14.2. The normalized spacial score (nSPS) is 12.3. The van der Waals surface area contributed by atoms with Gasteiger partial charge in [-0.1, -0.05) is 164 Å². The topological polar surface area (TPSA) is 74.2 Å². The molecule has 14 aromatic rings. The Morgan fingerprint density at radius 3 is 1.69 bits per heavy atom. The second-order valence-electron chi connectivity index (χ2n) is 18.2. The first-order valence-electron chi connectivity index (χ1n) is 23.6. The van der Waals surface area contributed by atoms with Crippen molar-refractivity contribution in [2.45, 2.75) is 6.61 Å². The van der Waals surface area contributed by atoms with Crippen molar-refractivity contribution < 1.29 is 13.6 Å². The Morgan fingerprint density at radius 1 is 0.300 bits per heavy atom. The van der Waals surface area contributed by atoms with Gasteiger partial charge in [0.25, 0.3) is 0 Å². The number of hydrogen-bond donors (Lipinski definition) is 0. The molecule has 0 bridgehead atoms. The summed E-state index contributed by atoms with van der Waals surface area (Å²) in [6, 6.07) is 74.4. The fraction of sp³-hybridized carbons (Fsp3) is 0.0156. The largest absolute Gasteiger partial charge is 0.488 e. The van der Waals surface area contributed by atoms with Gasteiger partial charge in [0.05, 0.1) is 0 Å². The summed E-state index contributed by atoms with van der Waals surface area (Å²) in [5.74, 6) is 2.55. The highest BCUT2D eigenvalue weighted by Crippen LogP contribution is 2.44. The predicted octanol–water partition coefficient (Wildman–Crippen LogP) is 17.0. The molecule has 11 aromatic carbocycles. The van der Waals surface area contributed by atoms with Crippen LogP contribution in [-0.2, 0) is 6.61 Å². The first-order valence-corrected chi connectivity index (χ1v) is 23.6. The van der Waals surface area contributed by atoms with Crippen molar-refractivity contribution >= 4 is 76.2 Å². The fourth-order valence-electron chi connectivity index (χ4n) is 10.9. The lowest BCUT2D eigenvalue weighted by molar-refractivity contribution is 0.302. The first kappa shape index (κ1) is 38.7. The molecule has 0 radical (unpaired) electrons. The molecule has 0 atom stereocenters. The highest BCUT2D eigenvalue weighted by Gasteiger charge is 2.24. The molecule has 6 heteroatoms. The Balaban J connectivity index is 0.883. The lowest BCUT2D eigenvalue weighted by Crippen LogP contribution is -2.08. The average Bonchev–Trinajstić information content (AvgIpc) is 4.00. The Hall–Kier alpha value is -9.39. The number of benzene rings is 11. The first-order chi connectivity index (χ1) is 34.7. The minimum atomic E-state index is 0.460. The van der Waals surface area contributed by atoms with E-state index in [1.54, 1.807) is 0 Å². The molecular weight excluding hydrogens is 859 g/mol. The number of fused-ring (bicyclic) bond motifs is 15. The second kappa shape index (κ2) is 15.1. The molecular formula is C64H37N3O3. The lowest BCUT2D eigenvalue weighted by Gasteiger charge is -2.23. The van der Waals surface area contributed by atoms with E-state index in [2.05, 4.69) is 182 Å². The fourth-order valence-corrected chi connectivity index (χ4v) is 10.9. The summed E-state index contributed by atoms with van der Waals surface area (Å²) in [4.78, 5) is 15.9. The zero-order valence-corrected chi connectivity index (χ0v) is 37.5. The van der Waals surface area contributed by atoms with Gasteiger partial charge in [0.2, 0.25) is 0 Å². The minimum Gasteiger partial charge on any atom is -0.488 e. The van der Waals surface area contributed by atoms with Crippen LogP contribution < -0.4 is 4.74 Å². The van der Waals surface area contributed by atoms with Gasteiger partial charge in [-0.2, -0.15) is 0 Å². The van der Waals surface area contributed by atoms with Crippen molar-refractivity contribution in [1.29, 1.82) is 0 Å². The summed E-state index contributed by atoms with van der Waals surface area (Å²) >= 11 is 0. The number of aromatic nitrogens is 3. The number of ether oxygens (including phenoxy) is 1. The van der Waals surface area contributed by atoms with Gasteiger partial charge in [0.1, 0.15) is 34.7 Å². The average molecular weight is 896 g/mol. The molecule has 0 aliphatic carbocycles. The van der Waals surface area contributed by atoms with E-state index in [0.29, 0.717) is 24.1 Å². The molecule has 326 valence electrons. The maximum absolute atomic E-state index is 6.62. The number of furan rings is 2. The zero-order chi connectivity index (χ0) is 45.9. The Labute approximate surface area is 400 Å². The van der Waals surface area contributed by atoms with Gasteiger partial charge in [-0.15, -0.1) is 0 Å². The van der Waals surface area contributed by atoms with Crippen molar-refractivity contribution in [3.63, 3.8) is 0 Å². The van der Waals surface area contributed by atoms with Gasteiger partial charge in [0, 0.05) is 54.9 Å². The number of rotatable bonds is 5. The van der Waals surface area contributed by atoms with E-state index in [0.717, 1.165) is 105 Å². The van der Waals surface area contributed by atoms with E-state index in [4.69, 9.17) is 28.5 Å². The van der Waals surface area contributed by atoms with Crippen molar-refractivity contribution in [2.24, 2.45) is 0 Å². The van der Waals surface area contributed by atoms with Gasteiger partial charge < -0.3 is 13.6 Å². The summed E-state index contributed by atoms with van der Waals surface area (Å²) in [6.45, 7) is 0.460. The lowest BCUT2D eigenvalue weighted by atomic mass is 9.91. The third-order valence-corrected chi connectivity index (χ3v) is 14.2. The van der Waals surface area contributed by atoms with Crippen molar-refractivity contribution in [2.75, 3.05) is 0 Å². The highest BCUT2D eigenvalue weighted by molar-refractivity contribution is 6.25. The smallest absolute Gasteiger partial charge is 0.164 e. The summed E-state index contributed by atoms with van der Waals surface area (Å²) in [5.41, 5.74) is 13.4. The van der Waals surface area contributed by atoms with Crippen molar-refractivity contribution in [3.05, 3.63) is 218 Å². The molecule has 0 spiro atoms. The van der Waals surface area contributed by atoms with Crippen LogP contribution in [0.5, 0.6) is 5.75 Å². The minimum absolute atomic E-state index is 0.460. The van der Waals surface area contributed by atoms with E-state index in [9.17, 15) is 0 Å². The van der Waals surface area contributed by atoms with E-state index < -0.39 is 0 Å². The van der Waals surface area contributed by atoms with Gasteiger partial charge in [0.15, 0.2) is 17.5 Å². The van der Waals surface area contributed by atoms with E-state index >= 15 is 0 Å². The Bertz CT molecular complexity index is 4470. The molecule has 4 heterocycles. The van der Waals surface area contributed by atoms with Crippen LogP contribution in [0.4, 0.5) is 0 Å². The second-order valence-corrected chi connectivity index (χ2v) is 18.2. The van der Waals surface area contributed by atoms with Gasteiger partial charge in [-0.25, -0.2) is 15.0 Å². The third kappa shape index (κ3) is 5.96. The van der Waals surface area contributed by atoms with Gasteiger partial charge >= 0.3 is 0 Å². The molecule has 0 N–H and O–H groups in total. The molecule has 70 heavy (non-hydrogen) atoms. The summed E-state index contributed by atoms with van der Waals surface area (Å²) in [6.07, 6.45) is 0. The van der Waals surface area contributed by atoms with Crippen LogP contribution in [0, 0.1) is 0 Å². The van der Waals surface area contributed by atoms with Crippen LogP contribution in [0.3, 0.4) is 0 Å². The molecule has 0 unspecified atom stereocenters. The van der Waals surface area contributed by atoms with Crippen LogP contribution in [0.1, 0.15) is 5.56 Å². The molecule has 15 rings (SSSR count). The van der Waals surface area contributed by atoms with Crippen LogP contribution >= 0.6 is 0 Å². The van der Waals surface area contributed by atoms with Gasteiger partial charge in [-0.3, -0.25) is 0 Å². The molecule has 6 nitrogen and oxygen atoms in total. The van der Waals surface area contributed by atoms with Crippen LogP contribution in [0.25, 0.3) is 144 Å². The van der Waals surface area contributed by atoms with Crippen LogP contribution in [-0.4, -0.2) is 15.0 Å². The molecule has 3 aromatic heterocycles. The molecule has 0 fully saturated rings. The standard InChI is InChI=1S/C64H37N3O3/c1-2-17-46-44(15-1)45-16-3-4-18-47(45)54-33-38(26-29-48(46)54)37-12-9-13-40(32-37)62-65-63(67-64(66-62)53-23-10-14-42-36-68-56-24-7-6-20-52(56)60(42)53)41-27-30-50-55-34-39(28-31-58(55)69-59(50)35-41)43-21-11-22-51-49-19-5-8-25-57(49)70-61(43)51/h1-35H,36H2. The van der Waals surface area contributed by atoms with Crippen LogP contribution in [0.2, 0.25) is 0 Å². The predicted molar refractivity (Wildman–Crippen MR) is 284 cm³/mol. The quantitative estimate of drug-likeness (QED) is 0.160. The number of hydrogen-bond acceptors (Lipinski definition) is 6. The Kier molecular flexibility index (Phi) is 8.32. The van der Waals surface area contributed by atoms with E-state index in [1.807, 2.05) is 30.3 Å². The molecule has 0 saturated carbocycles. The summed E-state index contributed by atoms with van der Waals surface area (Å²) in [5, 5.41) is 11.7. The van der Waals surface area contributed by atoms with Crippen LogP contribution in [0.15, 0.2) is 221 Å². The number of nitrogens with zero attached hydrogens (tertiary/aromatic N) is 3. The monoisotopic (exact) mass is 895 g/mol. The maximum atomic E-state index is 6.62.